The third-order valence-corrected chi connectivity index (χ3v) is 4.23. The molecule has 5 heteroatoms. The van der Waals surface area contributed by atoms with Crippen molar-refractivity contribution in [3.8, 4) is 0 Å². The molecule has 1 saturated carbocycles. The van der Waals surface area contributed by atoms with E-state index in [9.17, 15) is 4.79 Å². The summed E-state index contributed by atoms with van der Waals surface area (Å²) in [4.78, 5) is 12.3. The summed E-state index contributed by atoms with van der Waals surface area (Å²) in [5.74, 6) is 0.157. The monoisotopic (exact) mass is 346 g/mol. The third kappa shape index (κ3) is 3.50. The number of nitrogens with two attached hydrogens (primary N) is 1. The summed E-state index contributed by atoms with van der Waals surface area (Å²) in [7, 11) is 0. The van der Waals surface area contributed by atoms with E-state index in [1.54, 1.807) is 0 Å². The molecule has 3 N–H and O–H groups in total. The standard InChI is InChI=1S/C14H19BrN2O.ClH/c15-12-5-3-11(4-6-12)14(7-1-8-14)13(18)17-10-2-9-16;/h3-6H,1-2,7-10,16H2,(H,17,18);1H. The van der Waals surface area contributed by atoms with E-state index in [1.807, 2.05) is 24.3 Å². The minimum absolute atomic E-state index is 0. The van der Waals surface area contributed by atoms with Crippen LogP contribution in [0.2, 0.25) is 0 Å². The normalized spacial score (nSPS) is 16.1. The van der Waals surface area contributed by atoms with Crippen molar-refractivity contribution in [1.29, 1.82) is 0 Å². The molecule has 0 spiro atoms. The summed E-state index contributed by atoms with van der Waals surface area (Å²) in [6.07, 6.45) is 3.86. The van der Waals surface area contributed by atoms with Crippen LogP contribution in [-0.2, 0) is 10.2 Å². The molecule has 1 amide bonds. The Bertz CT molecular complexity index is 418. The van der Waals surface area contributed by atoms with Gasteiger partial charge in [-0.1, -0.05) is 34.5 Å². The lowest BCUT2D eigenvalue weighted by molar-refractivity contribution is -0.129. The Labute approximate surface area is 128 Å². The van der Waals surface area contributed by atoms with Crippen LogP contribution in [0, 0.1) is 0 Å². The first kappa shape index (κ1) is 16.5. The fraction of sp³-hybridized carbons (Fsp3) is 0.500. The quantitative estimate of drug-likeness (QED) is 0.805. The number of carbonyl (C=O) groups excluding carboxylic acids is 1. The molecule has 1 aliphatic rings. The minimum atomic E-state index is -0.296. The summed E-state index contributed by atoms with van der Waals surface area (Å²) in [6.45, 7) is 1.29. The number of hydrogen-bond donors (Lipinski definition) is 2. The second-order valence-electron chi connectivity index (χ2n) is 4.84. The Morgan fingerprint density at radius 2 is 1.95 bits per heavy atom. The Morgan fingerprint density at radius 1 is 1.32 bits per heavy atom. The number of hydrogen-bond acceptors (Lipinski definition) is 2. The highest BCUT2D eigenvalue weighted by molar-refractivity contribution is 9.10. The van der Waals surface area contributed by atoms with Crippen LogP contribution >= 0.6 is 28.3 Å². The highest BCUT2D eigenvalue weighted by Gasteiger charge is 2.45. The van der Waals surface area contributed by atoms with E-state index in [0.717, 1.165) is 35.7 Å². The van der Waals surface area contributed by atoms with Gasteiger partial charge < -0.3 is 11.1 Å². The maximum atomic E-state index is 12.3. The van der Waals surface area contributed by atoms with E-state index in [4.69, 9.17) is 5.73 Å². The van der Waals surface area contributed by atoms with Gasteiger partial charge in [0.1, 0.15) is 0 Å². The minimum Gasteiger partial charge on any atom is -0.355 e. The first-order valence-electron chi connectivity index (χ1n) is 6.43. The van der Waals surface area contributed by atoms with Crippen LogP contribution in [0.3, 0.4) is 0 Å². The summed E-state index contributed by atoms with van der Waals surface area (Å²) in [5.41, 5.74) is 6.27. The molecule has 106 valence electrons. The van der Waals surface area contributed by atoms with E-state index in [-0.39, 0.29) is 23.7 Å². The maximum absolute atomic E-state index is 12.3. The van der Waals surface area contributed by atoms with Gasteiger partial charge in [-0.15, -0.1) is 12.4 Å². The van der Waals surface area contributed by atoms with Gasteiger partial charge in [0.25, 0.3) is 0 Å². The number of amides is 1. The van der Waals surface area contributed by atoms with Crippen molar-refractivity contribution in [2.75, 3.05) is 13.1 Å². The van der Waals surface area contributed by atoms with Gasteiger partial charge in [0.05, 0.1) is 5.41 Å². The molecule has 0 bridgehead atoms. The van der Waals surface area contributed by atoms with Gasteiger partial charge in [-0.3, -0.25) is 4.79 Å². The molecule has 19 heavy (non-hydrogen) atoms. The lowest BCUT2D eigenvalue weighted by Crippen LogP contribution is -2.49. The molecule has 0 aromatic heterocycles. The third-order valence-electron chi connectivity index (χ3n) is 3.71. The predicted molar refractivity (Wildman–Crippen MR) is 83.6 cm³/mol. The number of rotatable bonds is 5. The Hall–Kier alpha value is -0.580. The zero-order valence-electron chi connectivity index (χ0n) is 10.8. The summed E-state index contributed by atoms with van der Waals surface area (Å²) < 4.78 is 1.05. The largest absolute Gasteiger partial charge is 0.355 e. The van der Waals surface area contributed by atoms with Gasteiger partial charge in [-0.05, 0) is 43.5 Å². The predicted octanol–water partition coefficient (Wildman–Crippen LogP) is 2.76. The van der Waals surface area contributed by atoms with Crippen LogP contribution in [-0.4, -0.2) is 19.0 Å². The van der Waals surface area contributed by atoms with E-state index in [0.29, 0.717) is 13.1 Å². The molecule has 2 rings (SSSR count). The fourth-order valence-corrected chi connectivity index (χ4v) is 2.68. The van der Waals surface area contributed by atoms with Crippen molar-refractivity contribution in [2.45, 2.75) is 31.1 Å². The summed E-state index contributed by atoms with van der Waals surface area (Å²) >= 11 is 3.43. The number of halogens is 2. The summed E-state index contributed by atoms with van der Waals surface area (Å²) in [6, 6.07) is 8.10. The van der Waals surface area contributed by atoms with Crippen LogP contribution in [0.1, 0.15) is 31.2 Å². The van der Waals surface area contributed by atoms with E-state index < -0.39 is 0 Å². The molecule has 1 aliphatic carbocycles. The van der Waals surface area contributed by atoms with Crippen LogP contribution in [0.25, 0.3) is 0 Å². The zero-order chi connectivity index (χ0) is 13.0. The average molecular weight is 348 g/mol. The second kappa shape index (κ2) is 7.27. The van der Waals surface area contributed by atoms with E-state index >= 15 is 0 Å². The number of benzene rings is 1. The molecule has 1 fully saturated rings. The highest BCUT2D eigenvalue weighted by atomic mass is 79.9. The van der Waals surface area contributed by atoms with Gasteiger partial charge in [-0.2, -0.15) is 0 Å². The second-order valence-corrected chi connectivity index (χ2v) is 5.76. The van der Waals surface area contributed by atoms with Crippen LogP contribution in [0.15, 0.2) is 28.7 Å². The SMILES string of the molecule is Cl.NCCCNC(=O)C1(c2ccc(Br)cc2)CCC1. The summed E-state index contributed by atoms with van der Waals surface area (Å²) in [5, 5.41) is 3.01. The smallest absolute Gasteiger partial charge is 0.230 e. The highest BCUT2D eigenvalue weighted by Crippen LogP contribution is 2.44. The topological polar surface area (TPSA) is 55.1 Å². The maximum Gasteiger partial charge on any atom is 0.230 e. The molecule has 0 heterocycles. The van der Waals surface area contributed by atoms with Crippen molar-refractivity contribution in [1.82, 2.24) is 5.32 Å². The molecule has 0 radical (unpaired) electrons. The van der Waals surface area contributed by atoms with Crippen molar-refractivity contribution < 1.29 is 4.79 Å². The Morgan fingerprint density at radius 3 is 2.42 bits per heavy atom. The van der Waals surface area contributed by atoms with Gasteiger partial charge in [0.15, 0.2) is 0 Å². The van der Waals surface area contributed by atoms with Gasteiger partial charge >= 0.3 is 0 Å². The van der Waals surface area contributed by atoms with Crippen LogP contribution in [0.5, 0.6) is 0 Å². The number of nitrogens with one attached hydrogen (secondary N) is 1. The van der Waals surface area contributed by atoms with Gasteiger partial charge in [-0.25, -0.2) is 0 Å². The Kier molecular flexibility index (Phi) is 6.30. The lowest BCUT2D eigenvalue weighted by Gasteiger charge is -2.40. The van der Waals surface area contributed by atoms with Gasteiger partial charge in [0, 0.05) is 11.0 Å². The van der Waals surface area contributed by atoms with Gasteiger partial charge in [0.2, 0.25) is 5.91 Å². The molecular weight excluding hydrogens is 328 g/mol. The lowest BCUT2D eigenvalue weighted by atomic mass is 9.64. The van der Waals surface area contributed by atoms with Crippen molar-refractivity contribution in [3.05, 3.63) is 34.3 Å². The fourth-order valence-electron chi connectivity index (χ4n) is 2.42. The zero-order valence-corrected chi connectivity index (χ0v) is 13.2. The molecule has 1 aromatic carbocycles. The molecule has 0 saturated heterocycles. The van der Waals surface area contributed by atoms with Crippen molar-refractivity contribution in [2.24, 2.45) is 5.73 Å². The Balaban J connectivity index is 0.00000180. The average Bonchev–Trinajstić information content (AvgIpc) is 2.30. The molecular formula is C14H20BrClN2O. The first-order chi connectivity index (χ1) is 8.69. The van der Waals surface area contributed by atoms with Crippen LogP contribution in [0.4, 0.5) is 0 Å². The van der Waals surface area contributed by atoms with E-state index in [2.05, 4.69) is 21.2 Å². The van der Waals surface area contributed by atoms with E-state index in [1.165, 1.54) is 0 Å². The molecule has 0 atom stereocenters. The van der Waals surface area contributed by atoms with Crippen molar-refractivity contribution >= 4 is 34.2 Å². The van der Waals surface area contributed by atoms with Crippen LogP contribution < -0.4 is 11.1 Å². The molecule has 0 unspecified atom stereocenters. The molecule has 3 nitrogen and oxygen atoms in total. The molecule has 0 aliphatic heterocycles. The van der Waals surface area contributed by atoms with Crippen molar-refractivity contribution in [3.63, 3.8) is 0 Å². The number of carbonyl (C=O) groups is 1. The first-order valence-corrected chi connectivity index (χ1v) is 7.23. The molecule has 1 aromatic rings.